The lowest BCUT2D eigenvalue weighted by Crippen LogP contribution is -2.20. The Morgan fingerprint density at radius 1 is 1.50 bits per heavy atom. The van der Waals surface area contributed by atoms with Crippen molar-refractivity contribution in [3.8, 4) is 5.88 Å². The van der Waals surface area contributed by atoms with E-state index < -0.39 is 34.5 Å². The molecule has 0 fully saturated rings. The monoisotopic (exact) mass is 294 g/mol. The first-order chi connectivity index (χ1) is 9.15. The van der Waals surface area contributed by atoms with Crippen molar-refractivity contribution in [2.75, 3.05) is 6.61 Å². The van der Waals surface area contributed by atoms with Crippen LogP contribution in [0.1, 0.15) is 22.8 Å². The molecular weight excluding hydrogens is 285 g/mol. The molecule has 1 rings (SSSR count). The second kappa shape index (κ2) is 5.72. The lowest BCUT2D eigenvalue weighted by Gasteiger charge is -2.10. The van der Waals surface area contributed by atoms with Gasteiger partial charge in [0.15, 0.2) is 0 Å². The zero-order chi connectivity index (χ0) is 15.5. The van der Waals surface area contributed by atoms with Gasteiger partial charge in [0.25, 0.3) is 0 Å². The van der Waals surface area contributed by atoms with Gasteiger partial charge in [-0.25, -0.2) is 4.79 Å². The van der Waals surface area contributed by atoms with E-state index in [9.17, 15) is 28.1 Å². The standard InChI is InChI=1S/C10H9F3N2O5/c1-3-19-9(16)6-4-7(15(17)18)14-8(5(6)2)20-10(11,12)13/h4H,3H2,1-2H3. The SMILES string of the molecule is CCOC(=O)c1cc([N+](=O)[O-])nc(OC(F)(F)F)c1C. The number of pyridine rings is 1. The van der Waals surface area contributed by atoms with E-state index in [1.807, 2.05) is 0 Å². The van der Waals surface area contributed by atoms with Gasteiger partial charge in [-0.2, -0.15) is 0 Å². The van der Waals surface area contributed by atoms with Crippen LogP contribution in [0.2, 0.25) is 0 Å². The summed E-state index contributed by atoms with van der Waals surface area (Å²) in [6.07, 6.45) is -5.08. The van der Waals surface area contributed by atoms with Gasteiger partial charge in [-0.05, 0) is 18.8 Å². The molecule has 0 saturated heterocycles. The van der Waals surface area contributed by atoms with Gasteiger partial charge in [0, 0.05) is 4.98 Å². The molecule has 0 bridgehead atoms. The molecule has 0 unspecified atom stereocenters. The number of rotatable bonds is 4. The molecule has 0 aliphatic heterocycles. The minimum atomic E-state index is -5.08. The highest BCUT2D eigenvalue weighted by molar-refractivity contribution is 5.92. The lowest BCUT2D eigenvalue weighted by atomic mass is 10.1. The van der Waals surface area contributed by atoms with Crippen LogP contribution in [0.3, 0.4) is 0 Å². The van der Waals surface area contributed by atoms with E-state index in [-0.39, 0.29) is 12.2 Å². The second-order valence-electron chi connectivity index (χ2n) is 3.48. The molecule has 1 aromatic heterocycles. The Hall–Kier alpha value is -2.39. The Kier molecular flexibility index (Phi) is 4.48. The third-order valence-electron chi connectivity index (χ3n) is 2.11. The third-order valence-corrected chi connectivity index (χ3v) is 2.11. The zero-order valence-corrected chi connectivity index (χ0v) is 10.4. The number of nitrogens with zero attached hydrogens (tertiary/aromatic N) is 2. The highest BCUT2D eigenvalue weighted by Gasteiger charge is 2.36. The van der Waals surface area contributed by atoms with E-state index in [1.54, 1.807) is 0 Å². The fraction of sp³-hybridized carbons (Fsp3) is 0.400. The number of carbonyl (C=O) groups excluding carboxylic acids is 1. The second-order valence-corrected chi connectivity index (χ2v) is 3.48. The van der Waals surface area contributed by atoms with Crippen LogP contribution in [0.25, 0.3) is 0 Å². The summed E-state index contributed by atoms with van der Waals surface area (Å²) in [5.41, 5.74) is -0.709. The number of carbonyl (C=O) groups is 1. The van der Waals surface area contributed by atoms with Gasteiger partial charge in [0.1, 0.15) is 0 Å². The van der Waals surface area contributed by atoms with Crippen LogP contribution in [0.15, 0.2) is 6.07 Å². The molecule has 0 aliphatic rings. The summed E-state index contributed by atoms with van der Waals surface area (Å²) in [5, 5.41) is 10.6. The van der Waals surface area contributed by atoms with E-state index in [1.165, 1.54) is 6.92 Å². The highest BCUT2D eigenvalue weighted by Crippen LogP contribution is 2.29. The molecule has 0 aromatic carbocycles. The average Bonchev–Trinajstić information content (AvgIpc) is 2.29. The van der Waals surface area contributed by atoms with Gasteiger partial charge < -0.3 is 19.6 Å². The fourth-order valence-electron chi connectivity index (χ4n) is 1.30. The summed E-state index contributed by atoms with van der Waals surface area (Å²) in [6.45, 7) is 2.56. The Bertz CT molecular complexity index is 544. The van der Waals surface area contributed by atoms with E-state index in [0.29, 0.717) is 0 Å². The van der Waals surface area contributed by atoms with Gasteiger partial charge in [0.05, 0.1) is 23.8 Å². The Morgan fingerprint density at radius 3 is 2.55 bits per heavy atom. The van der Waals surface area contributed by atoms with E-state index in [0.717, 1.165) is 13.0 Å². The molecule has 1 aromatic rings. The maximum absolute atomic E-state index is 12.2. The van der Waals surface area contributed by atoms with Crippen molar-refractivity contribution in [1.29, 1.82) is 0 Å². The maximum Gasteiger partial charge on any atom is 0.575 e. The third kappa shape index (κ3) is 3.80. The highest BCUT2D eigenvalue weighted by atomic mass is 19.4. The van der Waals surface area contributed by atoms with Gasteiger partial charge in [-0.3, -0.25) is 0 Å². The van der Waals surface area contributed by atoms with Crippen LogP contribution in [0.4, 0.5) is 19.0 Å². The van der Waals surface area contributed by atoms with Crippen LogP contribution in [0.5, 0.6) is 5.88 Å². The van der Waals surface area contributed by atoms with Gasteiger partial charge in [-0.1, -0.05) is 0 Å². The number of alkyl halides is 3. The molecule has 0 amide bonds. The van der Waals surface area contributed by atoms with Gasteiger partial charge in [0.2, 0.25) is 0 Å². The van der Waals surface area contributed by atoms with Crippen molar-refractivity contribution in [1.82, 2.24) is 4.98 Å². The zero-order valence-electron chi connectivity index (χ0n) is 10.4. The topological polar surface area (TPSA) is 91.6 Å². The van der Waals surface area contributed by atoms with E-state index in [4.69, 9.17) is 0 Å². The van der Waals surface area contributed by atoms with Crippen molar-refractivity contribution in [2.24, 2.45) is 0 Å². The average molecular weight is 294 g/mol. The van der Waals surface area contributed by atoms with Crippen LogP contribution < -0.4 is 4.74 Å². The minimum Gasteiger partial charge on any atom is -0.462 e. The molecule has 110 valence electrons. The largest absolute Gasteiger partial charge is 0.575 e. The summed E-state index contributed by atoms with van der Waals surface area (Å²) in [4.78, 5) is 24.2. The van der Waals surface area contributed by atoms with Crippen molar-refractivity contribution in [2.45, 2.75) is 20.2 Å². The van der Waals surface area contributed by atoms with E-state index in [2.05, 4.69) is 14.5 Å². The molecule has 7 nitrogen and oxygen atoms in total. The van der Waals surface area contributed by atoms with Crippen LogP contribution in [-0.2, 0) is 4.74 Å². The number of aromatic nitrogens is 1. The molecule has 0 radical (unpaired) electrons. The molecule has 0 saturated carbocycles. The van der Waals surface area contributed by atoms with Gasteiger partial charge in [-0.15, -0.1) is 13.2 Å². The molecular formula is C10H9F3N2O5. The normalized spacial score (nSPS) is 11.1. The van der Waals surface area contributed by atoms with E-state index >= 15 is 0 Å². The summed E-state index contributed by atoms with van der Waals surface area (Å²) in [5.74, 6) is -3.00. The first-order valence-electron chi connectivity index (χ1n) is 5.24. The summed E-state index contributed by atoms with van der Waals surface area (Å²) < 4.78 is 44.7. The molecule has 0 spiro atoms. The maximum atomic E-state index is 12.2. The molecule has 0 atom stereocenters. The van der Waals surface area contributed by atoms with Crippen molar-refractivity contribution >= 4 is 11.8 Å². The molecule has 20 heavy (non-hydrogen) atoms. The summed E-state index contributed by atoms with van der Waals surface area (Å²) in [6, 6.07) is 0.733. The Morgan fingerprint density at radius 2 is 2.10 bits per heavy atom. The van der Waals surface area contributed by atoms with Gasteiger partial charge >= 0.3 is 24.0 Å². The van der Waals surface area contributed by atoms with Crippen molar-refractivity contribution in [3.63, 3.8) is 0 Å². The molecule has 0 N–H and O–H groups in total. The first-order valence-corrected chi connectivity index (χ1v) is 5.24. The summed E-state index contributed by atoms with van der Waals surface area (Å²) >= 11 is 0. The number of nitro groups is 1. The Labute approximate surface area is 110 Å². The fourth-order valence-corrected chi connectivity index (χ4v) is 1.30. The number of ether oxygens (including phenoxy) is 2. The predicted octanol–water partition coefficient (Wildman–Crippen LogP) is 2.37. The quantitative estimate of drug-likeness (QED) is 0.481. The minimum absolute atomic E-state index is 0.0378. The molecule has 1 heterocycles. The number of hydrogen-bond donors (Lipinski definition) is 0. The Balaban J connectivity index is 3.36. The van der Waals surface area contributed by atoms with Crippen LogP contribution in [0, 0.1) is 17.0 Å². The number of hydrogen-bond acceptors (Lipinski definition) is 6. The molecule has 0 aliphatic carbocycles. The first kappa shape index (κ1) is 15.7. The van der Waals surface area contributed by atoms with Crippen LogP contribution >= 0.6 is 0 Å². The molecule has 10 heteroatoms. The van der Waals surface area contributed by atoms with Crippen LogP contribution in [-0.4, -0.2) is 28.8 Å². The lowest BCUT2D eigenvalue weighted by molar-refractivity contribution is -0.390. The number of esters is 1. The summed E-state index contributed by atoms with van der Waals surface area (Å²) in [7, 11) is 0. The number of halogens is 3. The van der Waals surface area contributed by atoms with Crippen molar-refractivity contribution < 1.29 is 32.4 Å². The smallest absolute Gasteiger partial charge is 0.462 e. The van der Waals surface area contributed by atoms with Crippen molar-refractivity contribution in [3.05, 3.63) is 27.3 Å². The predicted molar refractivity (Wildman–Crippen MR) is 58.3 cm³/mol.